The number of ether oxygens (including phenoxy) is 1. The molecule has 0 aliphatic carbocycles. The summed E-state index contributed by atoms with van der Waals surface area (Å²) in [5.41, 5.74) is 3.49. The average Bonchev–Trinajstić information content (AvgIpc) is 3.10. The van der Waals surface area contributed by atoms with Gasteiger partial charge in [-0.15, -0.1) is 5.10 Å². The molecule has 2 aromatic carbocycles. The summed E-state index contributed by atoms with van der Waals surface area (Å²) in [5.74, 6) is 1.53. The van der Waals surface area contributed by atoms with E-state index < -0.39 is 5.91 Å². The van der Waals surface area contributed by atoms with Crippen LogP contribution in [0.25, 0.3) is 5.78 Å². The highest BCUT2D eigenvalue weighted by molar-refractivity contribution is 6.01. The van der Waals surface area contributed by atoms with Gasteiger partial charge in [0.2, 0.25) is 5.82 Å². The minimum atomic E-state index is -0.394. The van der Waals surface area contributed by atoms with E-state index in [0.29, 0.717) is 17.2 Å². The summed E-state index contributed by atoms with van der Waals surface area (Å²) < 4.78 is 7.35. The lowest BCUT2D eigenvalue weighted by Gasteiger charge is -2.07. The molecule has 0 spiro atoms. The third kappa shape index (κ3) is 3.68. The van der Waals surface area contributed by atoms with Crippen LogP contribution in [0.2, 0.25) is 0 Å². The number of aryl methyl sites for hydroxylation is 3. The fraction of sp³-hybridized carbons (Fsp3) is 0.143. The second kappa shape index (κ2) is 7.11. The molecule has 4 rings (SSSR count). The molecule has 0 bridgehead atoms. The van der Waals surface area contributed by atoms with E-state index >= 15 is 0 Å². The molecule has 0 atom stereocenters. The largest absolute Gasteiger partial charge is 0.457 e. The fourth-order valence-corrected chi connectivity index (χ4v) is 2.80. The summed E-state index contributed by atoms with van der Waals surface area (Å²) in [4.78, 5) is 21.0. The van der Waals surface area contributed by atoms with Gasteiger partial charge in [-0.05, 0) is 63.2 Å². The van der Waals surface area contributed by atoms with Gasteiger partial charge in [-0.25, -0.2) is 9.50 Å². The van der Waals surface area contributed by atoms with E-state index in [4.69, 9.17) is 4.74 Å². The number of anilines is 1. The monoisotopic (exact) mass is 373 g/mol. The van der Waals surface area contributed by atoms with Crippen LogP contribution in [0.5, 0.6) is 11.5 Å². The number of rotatable bonds is 4. The minimum absolute atomic E-state index is 0.0705. The predicted octanol–water partition coefficient (Wildman–Crippen LogP) is 4.09. The second-order valence-electron chi connectivity index (χ2n) is 6.58. The Kier molecular flexibility index (Phi) is 4.49. The Labute approximate surface area is 162 Å². The molecule has 0 aliphatic heterocycles. The van der Waals surface area contributed by atoms with Gasteiger partial charge in [0, 0.05) is 17.1 Å². The highest BCUT2D eigenvalue weighted by atomic mass is 16.5. The Morgan fingerprint density at radius 2 is 1.57 bits per heavy atom. The van der Waals surface area contributed by atoms with Crippen molar-refractivity contribution in [2.45, 2.75) is 20.8 Å². The highest BCUT2D eigenvalue weighted by Gasteiger charge is 2.15. The molecule has 7 heteroatoms. The van der Waals surface area contributed by atoms with Crippen molar-refractivity contribution in [3.8, 4) is 11.5 Å². The molecule has 0 unspecified atom stereocenters. The summed E-state index contributed by atoms with van der Waals surface area (Å²) in [6.07, 6.45) is 0. The van der Waals surface area contributed by atoms with Crippen molar-refractivity contribution >= 4 is 17.4 Å². The van der Waals surface area contributed by atoms with Crippen molar-refractivity contribution in [3.05, 3.63) is 77.4 Å². The van der Waals surface area contributed by atoms with E-state index in [-0.39, 0.29) is 5.82 Å². The number of hydrogen-bond acceptors (Lipinski definition) is 5. The molecule has 2 heterocycles. The molecule has 0 aliphatic rings. The first-order valence-electron chi connectivity index (χ1n) is 8.85. The van der Waals surface area contributed by atoms with E-state index in [2.05, 4.69) is 20.4 Å². The lowest BCUT2D eigenvalue weighted by atomic mass is 10.2. The first-order chi connectivity index (χ1) is 13.5. The van der Waals surface area contributed by atoms with Crippen LogP contribution < -0.4 is 10.1 Å². The van der Waals surface area contributed by atoms with E-state index in [1.807, 2.05) is 51.1 Å². The Morgan fingerprint density at radius 3 is 2.25 bits per heavy atom. The predicted molar refractivity (Wildman–Crippen MR) is 106 cm³/mol. The molecule has 140 valence electrons. The van der Waals surface area contributed by atoms with Gasteiger partial charge >= 0.3 is 0 Å². The highest BCUT2D eigenvalue weighted by Crippen LogP contribution is 2.23. The topological polar surface area (TPSA) is 81.4 Å². The first-order valence-corrected chi connectivity index (χ1v) is 8.85. The number of fused-ring (bicyclic) bond motifs is 1. The summed E-state index contributed by atoms with van der Waals surface area (Å²) >= 11 is 0. The van der Waals surface area contributed by atoms with Crippen molar-refractivity contribution in [1.82, 2.24) is 19.6 Å². The zero-order valence-electron chi connectivity index (χ0n) is 15.8. The lowest BCUT2D eigenvalue weighted by molar-refractivity contribution is 0.101. The van der Waals surface area contributed by atoms with Crippen LogP contribution >= 0.6 is 0 Å². The van der Waals surface area contributed by atoms with Crippen molar-refractivity contribution in [2.24, 2.45) is 0 Å². The number of benzene rings is 2. The van der Waals surface area contributed by atoms with E-state index in [9.17, 15) is 4.79 Å². The van der Waals surface area contributed by atoms with Gasteiger partial charge in [0.25, 0.3) is 11.7 Å². The molecule has 0 saturated carbocycles. The van der Waals surface area contributed by atoms with Crippen LogP contribution in [0.4, 0.5) is 5.69 Å². The third-order valence-electron chi connectivity index (χ3n) is 4.19. The Balaban J connectivity index is 1.47. The molecule has 0 radical (unpaired) electrons. The molecule has 0 fully saturated rings. The standard InChI is InChI=1S/C21H19N5O2/c1-13-4-8-17(9-5-13)28-18-10-6-16(7-11-18)23-20(27)19-24-21-22-14(2)12-15(3)26(21)25-19/h4-12H,1-3H3,(H,23,27). The number of aromatic nitrogens is 4. The smallest absolute Gasteiger partial charge is 0.295 e. The number of carbonyl (C=O) groups excluding carboxylic acids is 1. The van der Waals surface area contributed by atoms with Gasteiger partial charge in [0.1, 0.15) is 11.5 Å². The normalized spacial score (nSPS) is 10.8. The van der Waals surface area contributed by atoms with Crippen LogP contribution in [0.1, 0.15) is 27.6 Å². The zero-order valence-corrected chi connectivity index (χ0v) is 15.8. The maximum absolute atomic E-state index is 12.5. The van der Waals surface area contributed by atoms with Crippen molar-refractivity contribution in [3.63, 3.8) is 0 Å². The number of hydrogen-bond donors (Lipinski definition) is 1. The number of nitrogens with one attached hydrogen (secondary N) is 1. The Bertz CT molecular complexity index is 1150. The van der Waals surface area contributed by atoms with E-state index in [0.717, 1.165) is 17.1 Å². The van der Waals surface area contributed by atoms with Crippen LogP contribution in [-0.4, -0.2) is 25.5 Å². The quantitative estimate of drug-likeness (QED) is 0.583. The number of nitrogens with zero attached hydrogens (tertiary/aromatic N) is 4. The molecule has 1 amide bonds. The van der Waals surface area contributed by atoms with Gasteiger partial charge < -0.3 is 10.1 Å². The summed E-state index contributed by atoms with van der Waals surface area (Å²) in [6, 6.07) is 16.8. The second-order valence-corrected chi connectivity index (χ2v) is 6.58. The van der Waals surface area contributed by atoms with Gasteiger partial charge in [0.05, 0.1) is 0 Å². The summed E-state index contributed by atoms with van der Waals surface area (Å²) in [5, 5.41) is 7.03. The van der Waals surface area contributed by atoms with Crippen molar-refractivity contribution < 1.29 is 9.53 Å². The Morgan fingerprint density at radius 1 is 0.929 bits per heavy atom. The number of carbonyl (C=O) groups is 1. The molecular formula is C21H19N5O2. The van der Waals surface area contributed by atoms with E-state index in [1.165, 1.54) is 5.56 Å². The molecular weight excluding hydrogens is 354 g/mol. The van der Waals surface area contributed by atoms with Crippen LogP contribution in [0.3, 0.4) is 0 Å². The molecule has 4 aromatic rings. The van der Waals surface area contributed by atoms with Crippen LogP contribution in [0.15, 0.2) is 54.6 Å². The van der Waals surface area contributed by atoms with Crippen molar-refractivity contribution in [1.29, 1.82) is 0 Å². The molecule has 0 saturated heterocycles. The van der Waals surface area contributed by atoms with Gasteiger partial charge in [-0.2, -0.15) is 4.98 Å². The molecule has 1 N–H and O–H groups in total. The maximum atomic E-state index is 12.5. The summed E-state index contributed by atoms with van der Waals surface area (Å²) in [7, 11) is 0. The lowest BCUT2D eigenvalue weighted by Crippen LogP contribution is -2.14. The van der Waals surface area contributed by atoms with E-state index in [1.54, 1.807) is 28.8 Å². The van der Waals surface area contributed by atoms with Gasteiger partial charge in [0.15, 0.2) is 0 Å². The average molecular weight is 373 g/mol. The Hall–Kier alpha value is -3.74. The molecule has 7 nitrogen and oxygen atoms in total. The van der Waals surface area contributed by atoms with Gasteiger partial charge in [-0.1, -0.05) is 17.7 Å². The van der Waals surface area contributed by atoms with Crippen LogP contribution in [-0.2, 0) is 0 Å². The van der Waals surface area contributed by atoms with Crippen molar-refractivity contribution in [2.75, 3.05) is 5.32 Å². The number of amides is 1. The zero-order chi connectivity index (χ0) is 19.7. The van der Waals surface area contributed by atoms with Crippen LogP contribution in [0, 0.1) is 20.8 Å². The summed E-state index contributed by atoms with van der Waals surface area (Å²) in [6.45, 7) is 5.80. The van der Waals surface area contributed by atoms with Gasteiger partial charge in [-0.3, -0.25) is 4.79 Å². The SMILES string of the molecule is Cc1ccc(Oc2ccc(NC(=O)c3nc4nc(C)cc(C)n4n3)cc2)cc1. The fourth-order valence-electron chi connectivity index (χ4n) is 2.80. The molecule has 2 aromatic heterocycles. The minimum Gasteiger partial charge on any atom is -0.457 e. The maximum Gasteiger partial charge on any atom is 0.295 e. The first kappa shape index (κ1) is 17.7. The third-order valence-corrected chi connectivity index (χ3v) is 4.19. The molecule has 28 heavy (non-hydrogen) atoms.